The first-order valence-corrected chi connectivity index (χ1v) is 11.1. The molecule has 1 unspecified atom stereocenters. The Labute approximate surface area is 178 Å². The van der Waals surface area contributed by atoms with E-state index < -0.39 is 11.7 Å². The van der Waals surface area contributed by atoms with Gasteiger partial charge in [-0.2, -0.15) is 13.2 Å². The average Bonchev–Trinajstić information content (AvgIpc) is 3.06. The van der Waals surface area contributed by atoms with Crippen molar-refractivity contribution in [2.75, 3.05) is 31.6 Å². The molecule has 0 radical (unpaired) electrons. The number of amides is 1. The molecule has 1 amide bonds. The van der Waals surface area contributed by atoms with Gasteiger partial charge in [0.05, 0.1) is 24.8 Å². The molecule has 1 aliphatic heterocycles. The van der Waals surface area contributed by atoms with Crippen molar-refractivity contribution in [2.24, 2.45) is 0 Å². The van der Waals surface area contributed by atoms with E-state index in [2.05, 4.69) is 10.2 Å². The number of nitrogens with zero attached hydrogens (tertiary/aromatic N) is 1. The highest BCUT2D eigenvalue weighted by molar-refractivity contribution is 7.16. The number of carbonyl (C=O) groups is 1. The van der Waals surface area contributed by atoms with Gasteiger partial charge < -0.3 is 10.1 Å². The lowest BCUT2D eigenvalue weighted by Crippen LogP contribution is -2.40. The van der Waals surface area contributed by atoms with E-state index in [1.807, 2.05) is 0 Å². The van der Waals surface area contributed by atoms with Crippen LogP contribution in [-0.4, -0.2) is 37.1 Å². The van der Waals surface area contributed by atoms with E-state index in [-0.39, 0.29) is 11.9 Å². The van der Waals surface area contributed by atoms with E-state index in [1.54, 1.807) is 23.5 Å². The minimum absolute atomic E-state index is 0.136. The number of nitrogens with one attached hydrogen (secondary N) is 1. The average molecular weight is 439 g/mol. The van der Waals surface area contributed by atoms with Crippen LogP contribution in [0.5, 0.6) is 0 Å². The highest BCUT2D eigenvalue weighted by Gasteiger charge is 2.34. The summed E-state index contributed by atoms with van der Waals surface area (Å²) in [4.78, 5) is 15.4. The molecule has 0 spiro atoms. The first kappa shape index (κ1) is 21.3. The zero-order chi connectivity index (χ0) is 21.3. The third kappa shape index (κ3) is 4.40. The number of anilines is 1. The molecule has 4 nitrogen and oxygen atoms in total. The van der Waals surface area contributed by atoms with Gasteiger partial charge in [-0.3, -0.25) is 9.69 Å². The van der Waals surface area contributed by atoms with Crippen molar-refractivity contribution in [3.05, 3.63) is 51.4 Å². The molecule has 1 fully saturated rings. The molecule has 1 N–H and O–H groups in total. The number of benzene rings is 1. The van der Waals surface area contributed by atoms with Gasteiger partial charge in [0.1, 0.15) is 5.00 Å². The van der Waals surface area contributed by atoms with Crippen molar-refractivity contribution in [3.63, 3.8) is 0 Å². The standard InChI is InChI=1S/C22H25F3N2O2S/c1-14(28)26-21-19(17-4-2-3-5-18(17)30-21)20(27-10-12-29-13-11-27)15-6-8-16(9-7-15)22(23,24)25/h6-9,20H,2-5,10-13H2,1H3,(H,26,28). The van der Waals surface area contributed by atoms with Crippen LogP contribution < -0.4 is 5.32 Å². The zero-order valence-electron chi connectivity index (χ0n) is 16.8. The van der Waals surface area contributed by atoms with Gasteiger partial charge >= 0.3 is 6.18 Å². The van der Waals surface area contributed by atoms with E-state index in [0.29, 0.717) is 26.3 Å². The fraction of sp³-hybridized carbons (Fsp3) is 0.500. The molecule has 4 rings (SSSR count). The number of hydrogen-bond donors (Lipinski definition) is 1. The molecule has 0 bridgehead atoms. The predicted octanol–water partition coefficient (Wildman–Crippen LogP) is 5.03. The summed E-state index contributed by atoms with van der Waals surface area (Å²) >= 11 is 1.61. The van der Waals surface area contributed by atoms with Crippen molar-refractivity contribution in [1.82, 2.24) is 4.90 Å². The van der Waals surface area contributed by atoms with Crippen molar-refractivity contribution in [3.8, 4) is 0 Å². The maximum atomic E-state index is 13.1. The lowest BCUT2D eigenvalue weighted by atomic mass is 9.88. The number of morpholine rings is 1. The summed E-state index contributed by atoms with van der Waals surface area (Å²) in [5, 5.41) is 3.82. The summed E-state index contributed by atoms with van der Waals surface area (Å²) in [5.41, 5.74) is 2.46. The van der Waals surface area contributed by atoms with E-state index in [1.165, 1.54) is 17.4 Å². The van der Waals surface area contributed by atoms with Crippen LogP contribution in [-0.2, 0) is 28.5 Å². The molecule has 30 heavy (non-hydrogen) atoms. The fourth-order valence-electron chi connectivity index (χ4n) is 4.38. The lowest BCUT2D eigenvalue weighted by molar-refractivity contribution is -0.137. The van der Waals surface area contributed by atoms with Crippen LogP contribution in [0.25, 0.3) is 0 Å². The Kier molecular flexibility index (Phi) is 6.18. The fourth-order valence-corrected chi connectivity index (χ4v) is 5.75. The number of halogens is 3. The maximum absolute atomic E-state index is 13.1. The van der Waals surface area contributed by atoms with Gasteiger partial charge in [0.15, 0.2) is 0 Å². The van der Waals surface area contributed by atoms with Crippen LogP contribution >= 0.6 is 11.3 Å². The second kappa shape index (κ2) is 8.69. The number of fused-ring (bicyclic) bond motifs is 1. The molecule has 1 aromatic carbocycles. The summed E-state index contributed by atoms with van der Waals surface area (Å²) in [5.74, 6) is -0.136. The Morgan fingerprint density at radius 1 is 1.13 bits per heavy atom. The number of alkyl halides is 3. The summed E-state index contributed by atoms with van der Waals surface area (Å²) < 4.78 is 44.8. The second-order valence-corrected chi connectivity index (χ2v) is 8.91. The normalized spacial score (nSPS) is 18.7. The Morgan fingerprint density at radius 2 is 1.80 bits per heavy atom. The Bertz CT molecular complexity index is 902. The van der Waals surface area contributed by atoms with Crippen LogP contribution in [0.3, 0.4) is 0 Å². The molecule has 1 saturated heterocycles. The predicted molar refractivity (Wildman–Crippen MR) is 111 cm³/mol. The van der Waals surface area contributed by atoms with Crippen LogP contribution in [0.1, 0.15) is 52.9 Å². The van der Waals surface area contributed by atoms with Gasteiger partial charge in [-0.25, -0.2) is 0 Å². The molecule has 8 heteroatoms. The number of rotatable bonds is 4. The third-order valence-electron chi connectivity index (χ3n) is 5.74. The Hall–Kier alpha value is -1.90. The number of carbonyl (C=O) groups excluding carboxylic acids is 1. The number of hydrogen-bond acceptors (Lipinski definition) is 4. The largest absolute Gasteiger partial charge is 0.416 e. The van der Waals surface area contributed by atoms with Crippen molar-refractivity contribution >= 4 is 22.2 Å². The van der Waals surface area contributed by atoms with Gasteiger partial charge in [0.2, 0.25) is 5.91 Å². The number of ether oxygens (including phenoxy) is 1. The number of thiophene rings is 1. The SMILES string of the molecule is CC(=O)Nc1sc2c(c1C(c1ccc(C(F)(F)F)cc1)N1CCOCC1)CCCC2. The number of aryl methyl sites for hydroxylation is 1. The summed E-state index contributed by atoms with van der Waals surface area (Å²) in [6.45, 7) is 4.04. The third-order valence-corrected chi connectivity index (χ3v) is 6.96. The molecule has 1 atom stereocenters. The van der Waals surface area contributed by atoms with Crippen molar-refractivity contribution in [2.45, 2.75) is 44.8 Å². The highest BCUT2D eigenvalue weighted by Crippen LogP contribution is 2.46. The highest BCUT2D eigenvalue weighted by atomic mass is 32.1. The molecule has 1 aromatic heterocycles. The van der Waals surface area contributed by atoms with Crippen molar-refractivity contribution < 1.29 is 22.7 Å². The lowest BCUT2D eigenvalue weighted by Gasteiger charge is -2.36. The van der Waals surface area contributed by atoms with E-state index in [4.69, 9.17) is 4.74 Å². The van der Waals surface area contributed by atoms with Crippen LogP contribution in [0.2, 0.25) is 0 Å². The van der Waals surface area contributed by atoms with E-state index in [0.717, 1.165) is 53.9 Å². The molecule has 2 aromatic rings. The molecule has 0 saturated carbocycles. The van der Waals surface area contributed by atoms with E-state index in [9.17, 15) is 18.0 Å². The Balaban J connectivity index is 1.82. The van der Waals surface area contributed by atoms with Gasteiger partial charge in [-0.1, -0.05) is 12.1 Å². The first-order chi connectivity index (χ1) is 14.3. The molecule has 1 aliphatic carbocycles. The summed E-state index contributed by atoms with van der Waals surface area (Å²) in [6.07, 6.45) is -0.248. The van der Waals surface area contributed by atoms with E-state index >= 15 is 0 Å². The molecular weight excluding hydrogens is 413 g/mol. The zero-order valence-corrected chi connectivity index (χ0v) is 17.7. The minimum atomic E-state index is -4.37. The van der Waals surface area contributed by atoms with Gasteiger partial charge in [0, 0.05) is 30.5 Å². The minimum Gasteiger partial charge on any atom is -0.379 e. The Morgan fingerprint density at radius 3 is 2.43 bits per heavy atom. The van der Waals surface area contributed by atoms with Crippen LogP contribution in [0.15, 0.2) is 24.3 Å². The second-order valence-electron chi connectivity index (χ2n) is 7.81. The van der Waals surface area contributed by atoms with Crippen LogP contribution in [0.4, 0.5) is 18.2 Å². The monoisotopic (exact) mass is 438 g/mol. The van der Waals surface area contributed by atoms with Crippen LogP contribution in [0, 0.1) is 0 Å². The molecule has 162 valence electrons. The quantitative estimate of drug-likeness (QED) is 0.728. The topological polar surface area (TPSA) is 41.6 Å². The summed E-state index contributed by atoms with van der Waals surface area (Å²) in [7, 11) is 0. The van der Waals surface area contributed by atoms with Gasteiger partial charge in [-0.05, 0) is 48.9 Å². The summed E-state index contributed by atoms with van der Waals surface area (Å²) in [6, 6.07) is 5.25. The van der Waals surface area contributed by atoms with Gasteiger partial charge in [-0.15, -0.1) is 11.3 Å². The van der Waals surface area contributed by atoms with Crippen molar-refractivity contribution in [1.29, 1.82) is 0 Å². The smallest absolute Gasteiger partial charge is 0.379 e. The van der Waals surface area contributed by atoms with Gasteiger partial charge in [0.25, 0.3) is 0 Å². The molecule has 2 heterocycles. The first-order valence-electron chi connectivity index (χ1n) is 10.3. The molecule has 2 aliphatic rings. The molecular formula is C22H25F3N2O2S. The maximum Gasteiger partial charge on any atom is 0.416 e.